The van der Waals surface area contributed by atoms with E-state index in [9.17, 15) is 45.4 Å². The number of hydrogen-bond donors (Lipinski definition) is 2. The number of carbonyl (C=O) groups excluding carboxylic acids is 1. The summed E-state index contributed by atoms with van der Waals surface area (Å²) in [6.45, 7) is 0. The van der Waals surface area contributed by atoms with Crippen molar-refractivity contribution in [2.75, 3.05) is 7.11 Å². The molecular formula is C26H21F7NO4P. The molecule has 3 aromatic rings. The van der Waals surface area contributed by atoms with Crippen LogP contribution in [0.3, 0.4) is 0 Å². The van der Waals surface area contributed by atoms with E-state index in [0.29, 0.717) is 23.3 Å². The van der Waals surface area contributed by atoms with E-state index in [1.54, 1.807) is 0 Å². The second-order valence-electron chi connectivity index (χ2n) is 8.49. The van der Waals surface area contributed by atoms with E-state index in [4.69, 9.17) is 4.74 Å². The smallest absolute Gasteiger partial charge is 0.416 e. The molecule has 2 atom stereocenters. The fraction of sp³-hybridized carbons (Fsp3) is 0.231. The number of rotatable bonds is 9. The fourth-order valence-electron chi connectivity index (χ4n) is 3.92. The molecule has 0 aromatic heterocycles. The number of aliphatic carboxylic acids is 1. The molecule has 3 aromatic carbocycles. The van der Waals surface area contributed by atoms with Gasteiger partial charge >= 0.3 is 12.1 Å². The van der Waals surface area contributed by atoms with Crippen molar-refractivity contribution in [2.24, 2.45) is 0 Å². The highest BCUT2D eigenvalue weighted by Crippen LogP contribution is 2.44. The molecule has 5 nitrogen and oxygen atoms in total. The van der Waals surface area contributed by atoms with E-state index in [0.717, 1.165) is 25.3 Å². The predicted molar refractivity (Wildman–Crippen MR) is 130 cm³/mol. The number of methoxy groups -OCH3 is 1. The summed E-state index contributed by atoms with van der Waals surface area (Å²) in [6, 6.07) is 7.83. The molecule has 0 aliphatic heterocycles. The summed E-state index contributed by atoms with van der Waals surface area (Å²) in [5.41, 5.74) is -6.55. The summed E-state index contributed by atoms with van der Waals surface area (Å²) in [5.74, 6) is -5.61. The molecule has 1 amide bonds. The molecule has 0 fully saturated rings. The van der Waals surface area contributed by atoms with E-state index in [1.807, 2.05) is 0 Å². The zero-order valence-corrected chi connectivity index (χ0v) is 21.2. The summed E-state index contributed by atoms with van der Waals surface area (Å²) in [7, 11) is 2.24. The predicted octanol–water partition coefficient (Wildman–Crippen LogP) is 5.93. The third-order valence-corrected chi connectivity index (χ3v) is 6.03. The van der Waals surface area contributed by atoms with Gasteiger partial charge in [0, 0.05) is 24.0 Å². The Morgan fingerprint density at radius 2 is 1.56 bits per heavy atom. The van der Waals surface area contributed by atoms with Crippen LogP contribution in [0, 0.1) is 11.6 Å². The molecule has 0 aliphatic rings. The minimum Gasteiger partial charge on any atom is -0.496 e. The number of halogens is 7. The van der Waals surface area contributed by atoms with Crippen LogP contribution in [0.25, 0.3) is 0 Å². The monoisotopic (exact) mass is 575 g/mol. The van der Waals surface area contributed by atoms with Crippen molar-refractivity contribution < 1.29 is 50.2 Å². The number of benzene rings is 3. The van der Waals surface area contributed by atoms with Crippen molar-refractivity contribution in [2.45, 2.75) is 30.7 Å². The number of ether oxygens (including phenoxy) is 1. The molecule has 0 saturated carbocycles. The summed E-state index contributed by atoms with van der Waals surface area (Å²) in [4.78, 5) is 24.1. The van der Waals surface area contributed by atoms with Gasteiger partial charge in [0.15, 0.2) is 0 Å². The lowest BCUT2D eigenvalue weighted by Gasteiger charge is -2.21. The molecule has 0 radical (unpaired) electrons. The number of carboxylic acid groups (broad SMARTS) is 1. The maximum Gasteiger partial charge on any atom is 0.416 e. The fourth-order valence-corrected chi connectivity index (χ4v) is 4.18. The average molecular weight is 575 g/mol. The molecule has 0 heterocycles. The Morgan fingerprint density at radius 1 is 0.974 bits per heavy atom. The van der Waals surface area contributed by atoms with Gasteiger partial charge in [-0.15, -0.1) is 0 Å². The molecule has 0 saturated heterocycles. The summed E-state index contributed by atoms with van der Waals surface area (Å²) < 4.78 is 101. The number of nitrogens with one attached hydrogen (secondary N) is 1. The van der Waals surface area contributed by atoms with Gasteiger partial charge in [0.1, 0.15) is 29.0 Å². The minimum atomic E-state index is -4.90. The van der Waals surface area contributed by atoms with Crippen molar-refractivity contribution >= 4 is 21.1 Å². The van der Waals surface area contributed by atoms with E-state index in [2.05, 4.69) is 5.32 Å². The Labute approximate surface area is 220 Å². The van der Waals surface area contributed by atoms with Crippen LogP contribution in [-0.4, -0.2) is 30.1 Å². The van der Waals surface area contributed by atoms with Gasteiger partial charge in [-0.1, -0.05) is 39.6 Å². The SMILES string of the molecule is COc1cc(C(F)(F)F)cc(C(F)(F)P)c1Cc1cccc(C[C@H](NC(=O)c2c(F)cccc2F)C(=O)O)c1. The Bertz CT molecular complexity index is 1370. The van der Waals surface area contributed by atoms with E-state index in [-0.39, 0.29) is 18.4 Å². The Kier molecular flexibility index (Phi) is 8.90. The third kappa shape index (κ3) is 7.26. The average Bonchev–Trinajstić information content (AvgIpc) is 2.82. The maximum atomic E-state index is 14.3. The highest BCUT2D eigenvalue weighted by atomic mass is 31.0. The highest BCUT2D eigenvalue weighted by molar-refractivity contribution is 7.17. The molecule has 39 heavy (non-hydrogen) atoms. The van der Waals surface area contributed by atoms with Crippen LogP contribution in [0.5, 0.6) is 5.75 Å². The zero-order valence-electron chi connectivity index (χ0n) is 20.1. The highest BCUT2D eigenvalue weighted by Gasteiger charge is 2.37. The Hall–Kier alpha value is -3.66. The number of amides is 1. The molecule has 208 valence electrons. The lowest BCUT2D eigenvalue weighted by Crippen LogP contribution is -2.43. The molecule has 2 N–H and O–H groups in total. The van der Waals surface area contributed by atoms with Gasteiger partial charge in [-0.3, -0.25) is 4.79 Å². The van der Waals surface area contributed by atoms with Crippen molar-refractivity contribution in [1.29, 1.82) is 0 Å². The van der Waals surface area contributed by atoms with E-state index >= 15 is 0 Å². The van der Waals surface area contributed by atoms with Gasteiger partial charge in [-0.2, -0.15) is 22.0 Å². The van der Waals surface area contributed by atoms with Crippen LogP contribution in [0.1, 0.15) is 38.2 Å². The van der Waals surface area contributed by atoms with Crippen LogP contribution in [-0.2, 0) is 29.5 Å². The van der Waals surface area contributed by atoms with Crippen molar-refractivity contribution in [3.63, 3.8) is 0 Å². The van der Waals surface area contributed by atoms with Crippen LogP contribution in [0.2, 0.25) is 0 Å². The van der Waals surface area contributed by atoms with Gasteiger partial charge in [0.25, 0.3) is 11.6 Å². The molecule has 0 spiro atoms. The second kappa shape index (κ2) is 11.6. The van der Waals surface area contributed by atoms with Crippen molar-refractivity contribution in [1.82, 2.24) is 5.32 Å². The molecule has 0 bridgehead atoms. The summed E-state index contributed by atoms with van der Waals surface area (Å²) in [5, 5.41) is 11.6. The van der Waals surface area contributed by atoms with Gasteiger partial charge < -0.3 is 15.2 Å². The first-order chi connectivity index (χ1) is 18.1. The van der Waals surface area contributed by atoms with Gasteiger partial charge in [0.05, 0.1) is 12.7 Å². The summed E-state index contributed by atoms with van der Waals surface area (Å²) in [6.07, 6.45) is -5.57. The van der Waals surface area contributed by atoms with Crippen molar-refractivity contribution in [3.8, 4) is 5.75 Å². The van der Waals surface area contributed by atoms with Crippen LogP contribution in [0.4, 0.5) is 30.7 Å². The first-order valence-electron chi connectivity index (χ1n) is 11.1. The molecule has 0 aliphatic carbocycles. The van der Waals surface area contributed by atoms with Gasteiger partial charge in [-0.25, -0.2) is 13.6 Å². The standard InChI is InChI=1S/C26H21F7NO4P/c1-38-21-12-15(25(29,30)31)11-17(26(32,33)39)16(21)9-13-4-2-5-14(8-13)10-20(24(36)37)34-23(35)22-18(27)6-3-7-19(22)28/h2-8,11-12,20H,9-10,39H2,1H3,(H,34,35)(H,36,37)/t20-/m0/s1. The van der Waals surface area contributed by atoms with E-state index < -0.39 is 63.8 Å². The number of alkyl halides is 5. The molecular weight excluding hydrogens is 554 g/mol. The van der Waals surface area contributed by atoms with Crippen LogP contribution in [0.15, 0.2) is 54.6 Å². The number of hydrogen-bond acceptors (Lipinski definition) is 3. The summed E-state index contributed by atoms with van der Waals surface area (Å²) >= 11 is 0. The van der Waals surface area contributed by atoms with Crippen molar-refractivity contribution in [3.05, 3.63) is 99.6 Å². The Morgan fingerprint density at radius 3 is 2.10 bits per heavy atom. The van der Waals surface area contributed by atoms with Crippen LogP contribution >= 0.6 is 9.24 Å². The third-order valence-electron chi connectivity index (χ3n) is 5.72. The molecule has 3 rings (SSSR count). The van der Waals surface area contributed by atoms with Gasteiger partial charge in [-0.05, 0) is 35.4 Å². The van der Waals surface area contributed by atoms with Gasteiger partial charge in [0.2, 0.25) is 0 Å². The minimum absolute atomic E-state index is 0.222. The molecule has 13 heteroatoms. The normalized spacial score (nSPS) is 12.6. The van der Waals surface area contributed by atoms with E-state index in [1.165, 1.54) is 33.5 Å². The molecule has 1 unspecified atom stereocenters. The lowest BCUT2D eigenvalue weighted by atomic mass is 9.94. The first-order valence-corrected chi connectivity index (χ1v) is 11.7. The number of carbonyl (C=O) groups is 2. The van der Waals surface area contributed by atoms with Crippen LogP contribution < -0.4 is 10.1 Å². The Balaban J connectivity index is 1.92. The lowest BCUT2D eigenvalue weighted by molar-refractivity contribution is -0.139. The first kappa shape index (κ1) is 29.9. The largest absolute Gasteiger partial charge is 0.496 e. The topological polar surface area (TPSA) is 75.6 Å². The second-order valence-corrected chi connectivity index (χ2v) is 9.21. The maximum absolute atomic E-state index is 14.3. The quantitative estimate of drug-likeness (QED) is 0.245. The zero-order chi connectivity index (χ0) is 29.1. The number of carboxylic acids is 1.